The number of carbonyl (C=O) groups is 1. The van der Waals surface area contributed by atoms with Gasteiger partial charge in [0, 0.05) is 25.0 Å². The maximum atomic E-state index is 12.3. The summed E-state index contributed by atoms with van der Waals surface area (Å²) in [5.41, 5.74) is 0. The molecule has 2 rings (SSSR count). The van der Waals surface area contributed by atoms with Crippen LogP contribution in [0.2, 0.25) is 0 Å². The van der Waals surface area contributed by atoms with Crippen molar-refractivity contribution in [1.82, 2.24) is 9.62 Å². The third kappa shape index (κ3) is 3.95. The molecule has 6 heteroatoms. The lowest BCUT2D eigenvalue weighted by Crippen LogP contribution is -2.47. The highest BCUT2D eigenvalue weighted by molar-refractivity contribution is 7.88. The molecule has 0 aromatic carbocycles. The van der Waals surface area contributed by atoms with Gasteiger partial charge in [-0.1, -0.05) is 19.8 Å². The van der Waals surface area contributed by atoms with Crippen LogP contribution < -0.4 is 5.32 Å². The number of nitrogens with one attached hydrogen (secondary N) is 1. The lowest BCUT2D eigenvalue weighted by atomic mass is 9.85. The van der Waals surface area contributed by atoms with Crippen LogP contribution in [-0.2, 0) is 14.8 Å². The summed E-state index contributed by atoms with van der Waals surface area (Å²) in [6.07, 6.45) is 7.24. The van der Waals surface area contributed by atoms with Gasteiger partial charge < -0.3 is 5.32 Å². The second-order valence-electron chi connectivity index (χ2n) is 6.31. The first kappa shape index (κ1) is 15.8. The molecule has 1 saturated heterocycles. The second kappa shape index (κ2) is 6.43. The van der Waals surface area contributed by atoms with Crippen molar-refractivity contribution in [2.75, 3.05) is 19.3 Å². The van der Waals surface area contributed by atoms with E-state index in [0.717, 1.165) is 6.42 Å². The van der Waals surface area contributed by atoms with Gasteiger partial charge in [0.1, 0.15) is 0 Å². The molecule has 1 N–H and O–H groups in total. The van der Waals surface area contributed by atoms with Gasteiger partial charge in [0.15, 0.2) is 0 Å². The summed E-state index contributed by atoms with van der Waals surface area (Å²) in [4.78, 5) is 12.3. The van der Waals surface area contributed by atoms with Crippen LogP contribution in [0.15, 0.2) is 0 Å². The molecule has 0 spiro atoms. The predicted octanol–water partition coefficient (Wildman–Crippen LogP) is 1.35. The molecule has 1 heterocycles. The van der Waals surface area contributed by atoms with Gasteiger partial charge in [-0.15, -0.1) is 0 Å². The van der Waals surface area contributed by atoms with Gasteiger partial charge in [0.25, 0.3) is 0 Å². The van der Waals surface area contributed by atoms with Gasteiger partial charge in [-0.05, 0) is 31.6 Å². The smallest absolute Gasteiger partial charge is 0.223 e. The van der Waals surface area contributed by atoms with Crippen molar-refractivity contribution >= 4 is 15.9 Å². The Morgan fingerprint density at radius 1 is 1.10 bits per heavy atom. The van der Waals surface area contributed by atoms with Crippen LogP contribution in [0, 0.1) is 11.8 Å². The average Bonchev–Trinajstić information content (AvgIpc) is 2.40. The van der Waals surface area contributed by atoms with Gasteiger partial charge in [-0.3, -0.25) is 4.79 Å². The molecule has 1 saturated carbocycles. The Morgan fingerprint density at radius 3 is 2.25 bits per heavy atom. The molecule has 2 fully saturated rings. The monoisotopic (exact) mass is 302 g/mol. The van der Waals surface area contributed by atoms with E-state index in [1.165, 1.54) is 29.8 Å². The van der Waals surface area contributed by atoms with Gasteiger partial charge >= 0.3 is 0 Å². The third-order valence-electron chi connectivity index (χ3n) is 4.73. The topological polar surface area (TPSA) is 66.5 Å². The molecule has 1 amide bonds. The number of hydrogen-bond acceptors (Lipinski definition) is 3. The lowest BCUT2D eigenvalue weighted by Gasteiger charge is -2.33. The molecule has 2 unspecified atom stereocenters. The SMILES string of the molecule is CC1CCCCC1NC(=O)C1CCN(S(C)(=O)=O)CC1. The number of carbonyl (C=O) groups excluding carboxylic acids is 1. The quantitative estimate of drug-likeness (QED) is 0.856. The minimum Gasteiger partial charge on any atom is -0.353 e. The predicted molar refractivity (Wildman–Crippen MR) is 78.7 cm³/mol. The van der Waals surface area contributed by atoms with Gasteiger partial charge in [0.05, 0.1) is 6.26 Å². The zero-order valence-corrected chi connectivity index (χ0v) is 13.3. The molecule has 2 atom stereocenters. The first-order valence-corrected chi connectivity index (χ1v) is 9.48. The number of rotatable bonds is 3. The Labute approximate surface area is 122 Å². The normalized spacial score (nSPS) is 30.1. The maximum Gasteiger partial charge on any atom is 0.223 e. The van der Waals surface area contributed by atoms with Crippen molar-refractivity contribution in [3.63, 3.8) is 0 Å². The summed E-state index contributed by atoms with van der Waals surface area (Å²) < 4.78 is 24.4. The van der Waals surface area contributed by atoms with E-state index in [1.54, 1.807) is 0 Å². The number of amides is 1. The van der Waals surface area contributed by atoms with Gasteiger partial charge in [-0.25, -0.2) is 12.7 Å². The standard InChI is InChI=1S/C14H26N2O3S/c1-11-5-3-4-6-13(11)15-14(17)12-7-9-16(10-8-12)20(2,18)19/h11-13H,3-10H2,1-2H3,(H,15,17). The zero-order chi connectivity index (χ0) is 14.8. The summed E-state index contributed by atoms with van der Waals surface area (Å²) in [6.45, 7) is 3.14. The van der Waals surface area contributed by atoms with E-state index in [2.05, 4.69) is 12.2 Å². The fourth-order valence-corrected chi connectivity index (χ4v) is 4.16. The van der Waals surface area contributed by atoms with Gasteiger partial charge in [-0.2, -0.15) is 0 Å². The Balaban J connectivity index is 1.83. The number of sulfonamides is 1. The molecule has 1 aliphatic heterocycles. The van der Waals surface area contributed by atoms with Crippen LogP contribution in [0.1, 0.15) is 45.4 Å². The summed E-state index contributed by atoms with van der Waals surface area (Å²) in [7, 11) is -3.11. The first-order valence-electron chi connectivity index (χ1n) is 7.63. The van der Waals surface area contributed by atoms with Crippen LogP contribution in [0.25, 0.3) is 0 Å². The van der Waals surface area contributed by atoms with Crippen LogP contribution in [0.4, 0.5) is 0 Å². The molecular formula is C14H26N2O3S. The molecule has 2 aliphatic rings. The Hall–Kier alpha value is -0.620. The van der Waals surface area contributed by atoms with Crippen molar-refractivity contribution in [2.24, 2.45) is 11.8 Å². The zero-order valence-electron chi connectivity index (χ0n) is 12.5. The number of nitrogens with zero attached hydrogens (tertiary/aromatic N) is 1. The van der Waals surface area contributed by atoms with E-state index in [1.807, 2.05) is 0 Å². The molecule has 0 aromatic rings. The minimum absolute atomic E-state index is 0.0258. The molecule has 1 aliphatic carbocycles. The molecule has 0 bridgehead atoms. The fourth-order valence-electron chi connectivity index (χ4n) is 3.28. The van der Waals surface area contributed by atoms with Gasteiger partial charge in [0.2, 0.25) is 15.9 Å². The van der Waals surface area contributed by atoms with E-state index in [0.29, 0.717) is 37.9 Å². The maximum absolute atomic E-state index is 12.3. The Morgan fingerprint density at radius 2 is 1.70 bits per heavy atom. The van der Waals surface area contributed by atoms with Crippen molar-refractivity contribution in [2.45, 2.75) is 51.5 Å². The molecule has 0 aromatic heterocycles. The molecule has 20 heavy (non-hydrogen) atoms. The van der Waals surface area contributed by atoms with Crippen LogP contribution in [0.3, 0.4) is 0 Å². The highest BCUT2D eigenvalue weighted by Gasteiger charge is 2.31. The highest BCUT2D eigenvalue weighted by atomic mass is 32.2. The van der Waals surface area contributed by atoms with E-state index in [9.17, 15) is 13.2 Å². The van der Waals surface area contributed by atoms with Crippen molar-refractivity contribution < 1.29 is 13.2 Å². The minimum atomic E-state index is -3.11. The third-order valence-corrected chi connectivity index (χ3v) is 6.04. The van der Waals surface area contributed by atoms with E-state index in [-0.39, 0.29) is 11.8 Å². The van der Waals surface area contributed by atoms with Crippen LogP contribution >= 0.6 is 0 Å². The highest BCUT2D eigenvalue weighted by Crippen LogP contribution is 2.25. The van der Waals surface area contributed by atoms with Crippen LogP contribution in [-0.4, -0.2) is 44.0 Å². The van der Waals surface area contributed by atoms with Crippen molar-refractivity contribution in [1.29, 1.82) is 0 Å². The summed E-state index contributed by atoms with van der Waals surface area (Å²) in [6, 6.07) is 0.309. The number of piperidine rings is 1. The Bertz CT molecular complexity index is 441. The average molecular weight is 302 g/mol. The van der Waals surface area contributed by atoms with E-state index >= 15 is 0 Å². The van der Waals surface area contributed by atoms with E-state index in [4.69, 9.17) is 0 Å². The largest absolute Gasteiger partial charge is 0.353 e. The summed E-state index contributed by atoms with van der Waals surface area (Å²) in [5, 5.41) is 3.19. The first-order chi connectivity index (χ1) is 9.38. The fraction of sp³-hybridized carbons (Fsp3) is 0.929. The van der Waals surface area contributed by atoms with Crippen molar-refractivity contribution in [3.05, 3.63) is 0 Å². The Kier molecular flexibility index (Phi) is 5.07. The lowest BCUT2D eigenvalue weighted by molar-refractivity contribution is -0.127. The summed E-state index contributed by atoms with van der Waals surface area (Å²) in [5.74, 6) is 0.655. The molecule has 116 valence electrons. The molecular weight excluding hydrogens is 276 g/mol. The summed E-state index contributed by atoms with van der Waals surface area (Å²) >= 11 is 0. The number of hydrogen-bond donors (Lipinski definition) is 1. The molecule has 5 nitrogen and oxygen atoms in total. The van der Waals surface area contributed by atoms with E-state index < -0.39 is 10.0 Å². The van der Waals surface area contributed by atoms with Crippen LogP contribution in [0.5, 0.6) is 0 Å². The second-order valence-corrected chi connectivity index (χ2v) is 8.30. The molecule has 0 radical (unpaired) electrons. The van der Waals surface area contributed by atoms with Crippen molar-refractivity contribution in [3.8, 4) is 0 Å².